The second-order valence-corrected chi connectivity index (χ2v) is 2.57. The van der Waals surface area contributed by atoms with Crippen LogP contribution in [-0.4, -0.2) is 10.9 Å². The zero-order valence-electron chi connectivity index (χ0n) is 7.14. The van der Waals surface area contributed by atoms with Crippen molar-refractivity contribution < 1.29 is 5.21 Å². The molecule has 1 aromatic carbocycles. The molecule has 13 heavy (non-hydrogen) atoms. The van der Waals surface area contributed by atoms with Crippen LogP contribution in [0.2, 0.25) is 0 Å². The van der Waals surface area contributed by atoms with Crippen LogP contribution in [0, 0.1) is 11.3 Å². The second kappa shape index (κ2) is 4.94. The monoisotopic (exact) mass is 174 g/mol. The van der Waals surface area contributed by atoms with Crippen LogP contribution in [0.5, 0.6) is 0 Å². The minimum Gasteiger partial charge on any atom is -0.411 e. The highest BCUT2D eigenvalue weighted by atomic mass is 16.4. The first kappa shape index (κ1) is 9.27. The normalized spacial score (nSPS) is 10.8. The van der Waals surface area contributed by atoms with E-state index in [1.54, 1.807) is 0 Å². The van der Waals surface area contributed by atoms with Crippen LogP contribution in [0.4, 0.5) is 0 Å². The van der Waals surface area contributed by atoms with E-state index in [0.29, 0.717) is 18.6 Å². The third kappa shape index (κ3) is 2.60. The number of hydrogen-bond donors (Lipinski definition) is 1. The summed E-state index contributed by atoms with van der Waals surface area (Å²) in [6, 6.07) is 11.3. The number of oxime groups is 1. The lowest BCUT2D eigenvalue weighted by Gasteiger charge is -2.00. The molecule has 0 bridgehead atoms. The Morgan fingerprint density at radius 1 is 1.38 bits per heavy atom. The summed E-state index contributed by atoms with van der Waals surface area (Å²) in [5.74, 6) is 0. The maximum Gasteiger partial charge on any atom is 0.0878 e. The molecule has 1 N–H and O–H groups in total. The Labute approximate surface area is 76.9 Å². The zero-order valence-corrected chi connectivity index (χ0v) is 7.14. The lowest BCUT2D eigenvalue weighted by Crippen LogP contribution is -1.99. The lowest BCUT2D eigenvalue weighted by atomic mass is 10.1. The molecule has 0 radical (unpaired) electrons. The first-order valence-electron chi connectivity index (χ1n) is 4.02. The van der Waals surface area contributed by atoms with Gasteiger partial charge in [0.25, 0.3) is 0 Å². The Morgan fingerprint density at radius 3 is 2.62 bits per heavy atom. The van der Waals surface area contributed by atoms with E-state index in [1.807, 2.05) is 36.4 Å². The van der Waals surface area contributed by atoms with E-state index in [9.17, 15) is 0 Å². The van der Waals surface area contributed by atoms with Gasteiger partial charge in [0, 0.05) is 12.8 Å². The van der Waals surface area contributed by atoms with Gasteiger partial charge in [0.2, 0.25) is 0 Å². The van der Waals surface area contributed by atoms with Crippen molar-refractivity contribution in [3.8, 4) is 6.07 Å². The first-order valence-corrected chi connectivity index (χ1v) is 4.02. The summed E-state index contributed by atoms with van der Waals surface area (Å²) in [7, 11) is 0. The van der Waals surface area contributed by atoms with Crippen molar-refractivity contribution in [1.29, 1.82) is 5.26 Å². The van der Waals surface area contributed by atoms with Crippen LogP contribution in [0.25, 0.3) is 0 Å². The molecule has 0 fully saturated rings. The van der Waals surface area contributed by atoms with Crippen LogP contribution in [0.1, 0.15) is 18.4 Å². The van der Waals surface area contributed by atoms with Crippen molar-refractivity contribution in [3.63, 3.8) is 0 Å². The predicted octanol–water partition coefficient (Wildman–Crippen LogP) is 2.17. The van der Waals surface area contributed by atoms with Crippen molar-refractivity contribution in [2.75, 3.05) is 0 Å². The summed E-state index contributed by atoms with van der Waals surface area (Å²) in [5.41, 5.74) is 1.42. The topological polar surface area (TPSA) is 56.4 Å². The molecule has 0 aromatic heterocycles. The summed E-state index contributed by atoms with van der Waals surface area (Å²) in [4.78, 5) is 0. The van der Waals surface area contributed by atoms with Crippen molar-refractivity contribution in [1.82, 2.24) is 0 Å². The standard InChI is InChI=1S/C10H10N2O/c11-8-4-7-10(12-13)9-5-2-1-3-6-9/h1-3,5-6,13H,4,7H2/b12-10+. The maximum absolute atomic E-state index is 8.68. The molecule has 0 heterocycles. The summed E-state index contributed by atoms with van der Waals surface area (Å²) in [5, 5.41) is 20.2. The molecular weight excluding hydrogens is 164 g/mol. The maximum atomic E-state index is 8.68. The molecule has 0 aliphatic rings. The highest BCUT2D eigenvalue weighted by Crippen LogP contribution is 2.05. The van der Waals surface area contributed by atoms with Crippen LogP contribution < -0.4 is 0 Å². The predicted molar refractivity (Wildman–Crippen MR) is 49.6 cm³/mol. The average molecular weight is 174 g/mol. The molecule has 0 saturated heterocycles. The first-order chi connectivity index (χ1) is 6.38. The van der Waals surface area contributed by atoms with E-state index in [-0.39, 0.29) is 0 Å². The van der Waals surface area contributed by atoms with Crippen LogP contribution in [-0.2, 0) is 0 Å². The lowest BCUT2D eigenvalue weighted by molar-refractivity contribution is 0.318. The fraction of sp³-hybridized carbons (Fsp3) is 0.200. The van der Waals surface area contributed by atoms with Gasteiger partial charge in [0.1, 0.15) is 0 Å². The molecule has 0 aliphatic heterocycles. The fourth-order valence-corrected chi connectivity index (χ4v) is 1.06. The van der Waals surface area contributed by atoms with E-state index < -0.39 is 0 Å². The highest BCUT2D eigenvalue weighted by molar-refractivity contribution is 6.00. The van der Waals surface area contributed by atoms with Gasteiger partial charge >= 0.3 is 0 Å². The van der Waals surface area contributed by atoms with Crippen molar-refractivity contribution >= 4 is 5.71 Å². The minimum atomic E-state index is 0.369. The van der Waals surface area contributed by atoms with Crippen LogP contribution in [0.15, 0.2) is 35.5 Å². The van der Waals surface area contributed by atoms with Gasteiger partial charge in [-0.3, -0.25) is 0 Å². The molecule has 0 aliphatic carbocycles. The molecule has 0 atom stereocenters. The van der Waals surface area contributed by atoms with E-state index >= 15 is 0 Å². The van der Waals surface area contributed by atoms with Gasteiger partial charge in [0.05, 0.1) is 11.8 Å². The summed E-state index contributed by atoms with van der Waals surface area (Å²) in [6.07, 6.45) is 0.852. The smallest absolute Gasteiger partial charge is 0.0878 e. The highest BCUT2D eigenvalue weighted by Gasteiger charge is 2.02. The van der Waals surface area contributed by atoms with Gasteiger partial charge < -0.3 is 5.21 Å². The number of nitrogens with zero attached hydrogens (tertiary/aromatic N) is 2. The molecule has 0 amide bonds. The average Bonchev–Trinajstić information content (AvgIpc) is 2.21. The largest absolute Gasteiger partial charge is 0.411 e. The molecule has 1 aromatic rings. The van der Waals surface area contributed by atoms with Gasteiger partial charge in [0.15, 0.2) is 0 Å². The molecule has 3 heteroatoms. The van der Waals surface area contributed by atoms with Crippen molar-refractivity contribution in [3.05, 3.63) is 35.9 Å². The second-order valence-electron chi connectivity index (χ2n) is 2.57. The summed E-state index contributed by atoms with van der Waals surface area (Å²) < 4.78 is 0. The molecule has 0 saturated carbocycles. The summed E-state index contributed by atoms with van der Waals surface area (Å²) >= 11 is 0. The Hall–Kier alpha value is -1.82. The third-order valence-electron chi connectivity index (χ3n) is 1.70. The minimum absolute atomic E-state index is 0.369. The number of hydrogen-bond acceptors (Lipinski definition) is 3. The van der Waals surface area contributed by atoms with Gasteiger partial charge in [-0.2, -0.15) is 5.26 Å². The fourth-order valence-electron chi connectivity index (χ4n) is 1.06. The SMILES string of the molecule is N#CCC/C(=N\O)c1ccccc1. The molecule has 3 nitrogen and oxygen atoms in total. The van der Waals surface area contributed by atoms with E-state index in [4.69, 9.17) is 10.5 Å². The number of nitriles is 1. The number of rotatable bonds is 3. The van der Waals surface area contributed by atoms with Crippen LogP contribution >= 0.6 is 0 Å². The van der Waals surface area contributed by atoms with Gasteiger partial charge in [-0.1, -0.05) is 35.5 Å². The third-order valence-corrected chi connectivity index (χ3v) is 1.70. The van der Waals surface area contributed by atoms with Crippen molar-refractivity contribution in [2.24, 2.45) is 5.16 Å². The molecular formula is C10H10N2O. The van der Waals surface area contributed by atoms with Crippen LogP contribution in [0.3, 0.4) is 0 Å². The van der Waals surface area contributed by atoms with Gasteiger partial charge in [-0.25, -0.2) is 0 Å². The molecule has 66 valence electrons. The Balaban J connectivity index is 2.76. The summed E-state index contributed by atoms with van der Waals surface area (Å²) in [6.45, 7) is 0. The Kier molecular flexibility index (Phi) is 3.52. The Morgan fingerprint density at radius 2 is 2.08 bits per heavy atom. The van der Waals surface area contributed by atoms with Crippen molar-refractivity contribution in [2.45, 2.75) is 12.8 Å². The molecule has 0 spiro atoms. The zero-order chi connectivity index (χ0) is 9.52. The Bertz CT molecular complexity index is 325. The quantitative estimate of drug-likeness (QED) is 0.433. The van der Waals surface area contributed by atoms with Gasteiger partial charge in [-0.15, -0.1) is 0 Å². The van der Waals surface area contributed by atoms with E-state index in [1.165, 1.54) is 0 Å². The molecule has 1 rings (SSSR count). The number of benzene rings is 1. The van der Waals surface area contributed by atoms with Gasteiger partial charge in [-0.05, 0) is 5.56 Å². The van der Waals surface area contributed by atoms with E-state index in [0.717, 1.165) is 5.56 Å². The van der Waals surface area contributed by atoms with E-state index in [2.05, 4.69) is 5.16 Å². The molecule has 0 unspecified atom stereocenters.